The molecule has 0 unspecified atom stereocenters. The number of carbonyl (C=O) groups excluding carboxylic acids is 1. The van der Waals surface area contributed by atoms with Crippen molar-refractivity contribution in [3.8, 4) is 0 Å². The fourth-order valence-corrected chi connectivity index (χ4v) is 2.53. The molecule has 2 aromatic rings. The molecule has 0 spiro atoms. The van der Waals surface area contributed by atoms with Crippen molar-refractivity contribution in [2.24, 2.45) is 0 Å². The summed E-state index contributed by atoms with van der Waals surface area (Å²) in [5.74, 6) is 0.604. The number of thiophene rings is 1. The number of aromatic nitrogens is 2. The van der Waals surface area contributed by atoms with Gasteiger partial charge in [0.1, 0.15) is 10.5 Å². The fourth-order valence-electron chi connectivity index (χ4n) is 1.81. The van der Waals surface area contributed by atoms with Crippen LogP contribution in [0.15, 0.2) is 16.2 Å². The molecule has 0 atom stereocenters. The first kappa shape index (κ1) is 14.7. The zero-order valence-corrected chi connectivity index (χ0v) is 12.3. The van der Waals surface area contributed by atoms with Crippen LogP contribution >= 0.6 is 11.3 Å². The highest BCUT2D eigenvalue weighted by Crippen LogP contribution is 2.13. The van der Waals surface area contributed by atoms with Crippen molar-refractivity contribution in [3.05, 3.63) is 27.6 Å². The molecule has 2 aromatic heterocycles. The van der Waals surface area contributed by atoms with E-state index in [0.29, 0.717) is 35.6 Å². The van der Waals surface area contributed by atoms with E-state index in [0.717, 1.165) is 0 Å². The summed E-state index contributed by atoms with van der Waals surface area (Å²) in [5.41, 5.74) is 0.604. The highest BCUT2D eigenvalue weighted by molar-refractivity contribution is 7.17. The van der Waals surface area contributed by atoms with E-state index in [1.165, 1.54) is 11.3 Å². The van der Waals surface area contributed by atoms with E-state index in [-0.39, 0.29) is 17.5 Å². The van der Waals surface area contributed by atoms with Crippen LogP contribution < -0.4 is 16.2 Å². The van der Waals surface area contributed by atoms with Gasteiger partial charge in [-0.2, -0.15) is 0 Å². The average molecular weight is 294 g/mol. The Kier molecular flexibility index (Phi) is 4.86. The molecule has 108 valence electrons. The second kappa shape index (κ2) is 6.62. The summed E-state index contributed by atoms with van der Waals surface area (Å²) >= 11 is 1.38. The zero-order valence-electron chi connectivity index (χ0n) is 11.5. The predicted molar refractivity (Wildman–Crippen MR) is 79.8 cm³/mol. The quantitative estimate of drug-likeness (QED) is 0.693. The number of aromatic amines is 1. The van der Waals surface area contributed by atoms with E-state index in [1.807, 2.05) is 25.3 Å². The molecule has 0 aliphatic heterocycles. The Hall–Kier alpha value is -1.73. The van der Waals surface area contributed by atoms with Crippen LogP contribution in [0, 0.1) is 0 Å². The monoisotopic (exact) mass is 294 g/mol. The number of hydrogen-bond donors (Lipinski definition) is 3. The second-order valence-electron chi connectivity index (χ2n) is 4.80. The lowest BCUT2D eigenvalue weighted by Gasteiger charge is -2.08. The van der Waals surface area contributed by atoms with Crippen molar-refractivity contribution in [2.75, 3.05) is 6.54 Å². The molecule has 0 saturated heterocycles. The van der Waals surface area contributed by atoms with E-state index in [2.05, 4.69) is 20.6 Å². The van der Waals surface area contributed by atoms with Crippen LogP contribution in [0.2, 0.25) is 0 Å². The van der Waals surface area contributed by atoms with Crippen molar-refractivity contribution in [1.82, 2.24) is 20.6 Å². The summed E-state index contributed by atoms with van der Waals surface area (Å²) in [6, 6.07) is 1.98. The molecule has 0 fully saturated rings. The van der Waals surface area contributed by atoms with Crippen LogP contribution in [0.25, 0.3) is 10.2 Å². The molecule has 0 aromatic carbocycles. The first-order chi connectivity index (χ1) is 9.56. The summed E-state index contributed by atoms with van der Waals surface area (Å²) in [7, 11) is 0. The Labute approximate surface area is 120 Å². The van der Waals surface area contributed by atoms with Gasteiger partial charge in [-0.25, -0.2) is 4.98 Å². The zero-order chi connectivity index (χ0) is 14.5. The van der Waals surface area contributed by atoms with Crippen LogP contribution in [0.4, 0.5) is 0 Å². The van der Waals surface area contributed by atoms with Gasteiger partial charge in [-0.15, -0.1) is 11.3 Å². The maximum atomic E-state index is 11.7. The van der Waals surface area contributed by atoms with Gasteiger partial charge in [-0.3, -0.25) is 9.59 Å². The average Bonchev–Trinajstić information content (AvgIpc) is 2.82. The molecule has 2 rings (SSSR count). The van der Waals surface area contributed by atoms with Crippen LogP contribution in [0.5, 0.6) is 0 Å². The van der Waals surface area contributed by atoms with E-state index >= 15 is 0 Å². The first-order valence-corrected chi connectivity index (χ1v) is 7.40. The SMILES string of the molecule is CC(C)NC(=O)CCNCc1nc2ccsc2c(=O)[nH]1. The summed E-state index contributed by atoms with van der Waals surface area (Å²) < 4.78 is 0.644. The fraction of sp³-hybridized carbons (Fsp3) is 0.462. The molecule has 1 amide bonds. The van der Waals surface area contributed by atoms with E-state index < -0.39 is 0 Å². The summed E-state index contributed by atoms with van der Waals surface area (Å²) in [4.78, 5) is 30.3. The molecule has 0 aliphatic carbocycles. The van der Waals surface area contributed by atoms with Gasteiger partial charge in [0, 0.05) is 19.0 Å². The van der Waals surface area contributed by atoms with Crippen molar-refractivity contribution in [2.45, 2.75) is 32.9 Å². The minimum Gasteiger partial charge on any atom is -0.354 e. The van der Waals surface area contributed by atoms with E-state index in [4.69, 9.17) is 0 Å². The van der Waals surface area contributed by atoms with Crippen LogP contribution in [-0.2, 0) is 11.3 Å². The summed E-state index contributed by atoms with van der Waals surface area (Å²) in [5, 5.41) is 7.77. The van der Waals surface area contributed by atoms with Gasteiger partial charge in [0.05, 0.1) is 12.1 Å². The third-order valence-corrected chi connectivity index (χ3v) is 3.54. The van der Waals surface area contributed by atoms with Crippen molar-refractivity contribution < 1.29 is 4.79 Å². The largest absolute Gasteiger partial charge is 0.354 e. The lowest BCUT2D eigenvalue weighted by Crippen LogP contribution is -2.32. The van der Waals surface area contributed by atoms with Gasteiger partial charge in [-0.05, 0) is 25.3 Å². The predicted octanol–water partition coefficient (Wildman–Crippen LogP) is 0.989. The Balaban J connectivity index is 1.84. The molecule has 3 N–H and O–H groups in total. The van der Waals surface area contributed by atoms with Crippen LogP contribution in [0.1, 0.15) is 26.1 Å². The topological polar surface area (TPSA) is 86.9 Å². The lowest BCUT2D eigenvalue weighted by molar-refractivity contribution is -0.121. The molecule has 6 nitrogen and oxygen atoms in total. The number of hydrogen-bond acceptors (Lipinski definition) is 5. The smallest absolute Gasteiger partial charge is 0.268 e. The normalized spacial score (nSPS) is 11.2. The Morgan fingerprint density at radius 1 is 1.50 bits per heavy atom. The number of rotatable bonds is 6. The van der Waals surface area contributed by atoms with Crippen molar-refractivity contribution in [3.63, 3.8) is 0 Å². The maximum absolute atomic E-state index is 11.7. The summed E-state index contributed by atoms with van der Waals surface area (Å²) in [6.07, 6.45) is 0.406. The second-order valence-corrected chi connectivity index (χ2v) is 5.71. The van der Waals surface area contributed by atoms with Crippen LogP contribution in [0.3, 0.4) is 0 Å². The standard InChI is InChI=1S/C13H18N4O2S/c1-8(2)15-11(18)3-5-14-7-10-16-9-4-6-20-12(9)13(19)17-10/h4,6,8,14H,3,5,7H2,1-2H3,(H,15,18)(H,16,17,19). The molecule has 0 aliphatic rings. The Bertz CT molecular complexity index is 647. The van der Waals surface area contributed by atoms with Gasteiger partial charge >= 0.3 is 0 Å². The van der Waals surface area contributed by atoms with Crippen molar-refractivity contribution in [1.29, 1.82) is 0 Å². The molecule has 2 heterocycles. The van der Waals surface area contributed by atoms with Gasteiger partial charge in [0.2, 0.25) is 5.91 Å². The molecule has 20 heavy (non-hydrogen) atoms. The van der Waals surface area contributed by atoms with Gasteiger partial charge in [0.15, 0.2) is 0 Å². The van der Waals surface area contributed by atoms with Gasteiger partial charge < -0.3 is 15.6 Å². The van der Waals surface area contributed by atoms with E-state index in [9.17, 15) is 9.59 Å². The molecule has 0 saturated carbocycles. The van der Waals surface area contributed by atoms with Gasteiger partial charge in [-0.1, -0.05) is 0 Å². The number of carbonyl (C=O) groups is 1. The number of fused-ring (bicyclic) bond motifs is 1. The van der Waals surface area contributed by atoms with E-state index in [1.54, 1.807) is 0 Å². The van der Waals surface area contributed by atoms with Crippen molar-refractivity contribution >= 4 is 27.5 Å². The third kappa shape index (κ3) is 3.88. The summed E-state index contributed by atoms with van der Waals surface area (Å²) in [6.45, 7) is 4.84. The minimum atomic E-state index is -0.112. The Morgan fingerprint density at radius 3 is 3.05 bits per heavy atom. The number of amides is 1. The highest BCUT2D eigenvalue weighted by atomic mass is 32.1. The first-order valence-electron chi connectivity index (χ1n) is 6.52. The molecule has 7 heteroatoms. The number of nitrogens with one attached hydrogen (secondary N) is 3. The minimum absolute atomic E-state index is 0.0160. The Morgan fingerprint density at radius 2 is 2.30 bits per heavy atom. The number of H-pyrrole nitrogens is 1. The number of nitrogens with zero attached hydrogens (tertiary/aromatic N) is 1. The lowest BCUT2D eigenvalue weighted by atomic mass is 10.3. The molecule has 0 bridgehead atoms. The molecular weight excluding hydrogens is 276 g/mol. The van der Waals surface area contributed by atoms with Gasteiger partial charge in [0.25, 0.3) is 5.56 Å². The maximum Gasteiger partial charge on any atom is 0.268 e. The third-order valence-electron chi connectivity index (χ3n) is 2.63. The highest BCUT2D eigenvalue weighted by Gasteiger charge is 2.05. The van der Waals surface area contributed by atoms with Crippen LogP contribution in [-0.4, -0.2) is 28.5 Å². The molecular formula is C13H18N4O2S. The molecule has 0 radical (unpaired) electrons.